The molecule has 0 fully saturated rings. The minimum Gasteiger partial charge on any atom is -0.353 e. The molecule has 2 nitrogen and oxygen atoms in total. The molecule has 0 bridgehead atoms. The second-order valence-corrected chi connectivity index (χ2v) is 6.43. The first-order valence-corrected chi connectivity index (χ1v) is 6.24. The summed E-state index contributed by atoms with van der Waals surface area (Å²) in [6, 6.07) is 0. The van der Waals surface area contributed by atoms with Gasteiger partial charge in [-0.05, 0) is 11.8 Å². The molecule has 0 spiro atoms. The number of hydrogen-bond acceptors (Lipinski definition) is 2. The van der Waals surface area contributed by atoms with Crippen molar-refractivity contribution in [2.75, 3.05) is 14.2 Å². The first-order chi connectivity index (χ1) is 7.14. The monoisotopic (exact) mass is 230 g/mol. The number of hydrogen-bond donors (Lipinski definition) is 0. The largest absolute Gasteiger partial charge is 0.353 e. The average Bonchev–Trinajstić information content (AvgIpc) is 2.18. The van der Waals surface area contributed by atoms with E-state index in [1.54, 1.807) is 14.2 Å². The maximum Gasteiger partial charge on any atom is 0.172 e. The van der Waals surface area contributed by atoms with Crippen LogP contribution in [0.4, 0.5) is 0 Å². The highest BCUT2D eigenvalue weighted by atomic mass is 16.7. The molecule has 0 aliphatic heterocycles. The van der Waals surface area contributed by atoms with Crippen molar-refractivity contribution in [2.24, 2.45) is 10.8 Å². The molecule has 16 heavy (non-hydrogen) atoms. The van der Waals surface area contributed by atoms with Crippen LogP contribution in [-0.2, 0) is 9.47 Å². The van der Waals surface area contributed by atoms with Crippen LogP contribution >= 0.6 is 0 Å². The molecular formula is C14H30O2. The van der Waals surface area contributed by atoms with E-state index in [4.69, 9.17) is 9.47 Å². The molecule has 0 rings (SSSR count). The van der Waals surface area contributed by atoms with Crippen LogP contribution in [-0.4, -0.2) is 20.0 Å². The molecule has 0 atom stereocenters. The van der Waals surface area contributed by atoms with E-state index in [1.807, 2.05) is 0 Å². The van der Waals surface area contributed by atoms with Crippen molar-refractivity contribution < 1.29 is 9.47 Å². The van der Waals surface area contributed by atoms with Gasteiger partial charge in [0.25, 0.3) is 0 Å². The molecule has 0 heterocycles. The van der Waals surface area contributed by atoms with Gasteiger partial charge < -0.3 is 9.47 Å². The summed E-state index contributed by atoms with van der Waals surface area (Å²) in [6.45, 7) is 13.3. The molecule has 2 heteroatoms. The third-order valence-electron chi connectivity index (χ3n) is 3.89. The Morgan fingerprint density at radius 1 is 0.812 bits per heavy atom. The normalized spacial score (nSPS) is 14.2. The van der Waals surface area contributed by atoms with Gasteiger partial charge >= 0.3 is 0 Å². The van der Waals surface area contributed by atoms with E-state index in [9.17, 15) is 0 Å². The van der Waals surface area contributed by atoms with Gasteiger partial charge in [0.1, 0.15) is 0 Å². The summed E-state index contributed by atoms with van der Waals surface area (Å²) in [6.07, 6.45) is 3.23. The van der Waals surface area contributed by atoms with Crippen LogP contribution in [0.3, 0.4) is 0 Å². The van der Waals surface area contributed by atoms with E-state index in [0.29, 0.717) is 5.41 Å². The molecule has 0 aromatic carbocycles. The zero-order valence-corrected chi connectivity index (χ0v) is 12.4. The summed E-state index contributed by atoms with van der Waals surface area (Å²) in [5.74, 6) is -0.473. The van der Waals surface area contributed by atoms with Gasteiger partial charge in [-0.1, -0.05) is 48.0 Å². The molecule has 0 radical (unpaired) electrons. The first kappa shape index (κ1) is 15.9. The molecule has 0 saturated carbocycles. The third-order valence-corrected chi connectivity index (χ3v) is 3.89. The summed E-state index contributed by atoms with van der Waals surface area (Å²) in [7, 11) is 3.49. The standard InChI is InChI=1S/C14H30O2/c1-9-13(5,6)10-11-14(15-7,16-8)12(2,3)4/h9-11H2,1-8H3. The van der Waals surface area contributed by atoms with Crippen molar-refractivity contribution in [1.82, 2.24) is 0 Å². The van der Waals surface area contributed by atoms with Crippen LogP contribution in [0.15, 0.2) is 0 Å². The fraction of sp³-hybridized carbons (Fsp3) is 1.00. The summed E-state index contributed by atoms with van der Waals surface area (Å²) < 4.78 is 11.3. The molecule has 98 valence electrons. The van der Waals surface area contributed by atoms with Gasteiger partial charge in [0.05, 0.1) is 0 Å². The van der Waals surface area contributed by atoms with E-state index in [2.05, 4.69) is 41.5 Å². The fourth-order valence-corrected chi connectivity index (χ4v) is 1.95. The van der Waals surface area contributed by atoms with E-state index in [-0.39, 0.29) is 5.41 Å². The van der Waals surface area contributed by atoms with Gasteiger partial charge in [-0.2, -0.15) is 0 Å². The lowest BCUT2D eigenvalue weighted by molar-refractivity contribution is -0.269. The van der Waals surface area contributed by atoms with Gasteiger partial charge in [-0.25, -0.2) is 0 Å². The summed E-state index contributed by atoms with van der Waals surface area (Å²) in [5.41, 5.74) is 0.341. The van der Waals surface area contributed by atoms with Gasteiger partial charge in [0, 0.05) is 26.1 Å². The van der Waals surface area contributed by atoms with Crippen LogP contribution < -0.4 is 0 Å². The third kappa shape index (κ3) is 3.74. The lowest BCUT2D eigenvalue weighted by Gasteiger charge is -2.43. The first-order valence-electron chi connectivity index (χ1n) is 6.24. The zero-order chi connectivity index (χ0) is 13.0. The van der Waals surface area contributed by atoms with Crippen LogP contribution in [0, 0.1) is 10.8 Å². The summed E-state index contributed by atoms with van der Waals surface area (Å²) in [4.78, 5) is 0. The Morgan fingerprint density at radius 3 is 1.50 bits per heavy atom. The van der Waals surface area contributed by atoms with Crippen molar-refractivity contribution >= 4 is 0 Å². The van der Waals surface area contributed by atoms with Crippen LogP contribution in [0.5, 0.6) is 0 Å². The van der Waals surface area contributed by atoms with Crippen molar-refractivity contribution in [2.45, 2.75) is 66.6 Å². The second-order valence-electron chi connectivity index (χ2n) is 6.43. The van der Waals surface area contributed by atoms with Gasteiger partial charge in [-0.3, -0.25) is 0 Å². The van der Waals surface area contributed by atoms with Gasteiger partial charge in [-0.15, -0.1) is 0 Å². The Morgan fingerprint density at radius 2 is 1.25 bits per heavy atom. The molecule has 0 N–H and O–H groups in total. The minimum atomic E-state index is -0.473. The highest BCUT2D eigenvalue weighted by Crippen LogP contribution is 2.41. The van der Waals surface area contributed by atoms with Crippen LogP contribution in [0.1, 0.15) is 60.8 Å². The number of rotatable bonds is 6. The Hall–Kier alpha value is -0.0800. The van der Waals surface area contributed by atoms with Crippen LogP contribution in [0.2, 0.25) is 0 Å². The maximum absolute atomic E-state index is 5.67. The Labute approximate surface area is 102 Å². The second kappa shape index (κ2) is 5.50. The Bertz CT molecular complexity index is 197. The quantitative estimate of drug-likeness (QED) is 0.635. The number of ether oxygens (including phenoxy) is 2. The molecular weight excluding hydrogens is 200 g/mol. The van der Waals surface area contributed by atoms with Crippen molar-refractivity contribution in [3.05, 3.63) is 0 Å². The van der Waals surface area contributed by atoms with E-state index in [1.165, 1.54) is 6.42 Å². The predicted octanol–water partition coefficient (Wildman–Crippen LogP) is 4.24. The Kier molecular flexibility index (Phi) is 5.48. The predicted molar refractivity (Wildman–Crippen MR) is 69.5 cm³/mol. The molecule has 0 aromatic heterocycles. The molecule has 0 unspecified atom stereocenters. The smallest absolute Gasteiger partial charge is 0.172 e. The molecule has 0 saturated heterocycles. The van der Waals surface area contributed by atoms with Crippen molar-refractivity contribution in [1.29, 1.82) is 0 Å². The Balaban J connectivity index is 4.71. The van der Waals surface area contributed by atoms with Crippen molar-refractivity contribution in [3.63, 3.8) is 0 Å². The lowest BCUT2D eigenvalue weighted by Crippen LogP contribution is -2.47. The van der Waals surface area contributed by atoms with E-state index in [0.717, 1.165) is 12.8 Å². The maximum atomic E-state index is 5.67. The topological polar surface area (TPSA) is 18.5 Å². The van der Waals surface area contributed by atoms with Gasteiger partial charge in [0.15, 0.2) is 5.79 Å². The average molecular weight is 230 g/mol. The molecule has 0 amide bonds. The SMILES string of the molecule is CCC(C)(C)CCC(OC)(OC)C(C)(C)C. The number of methoxy groups -OCH3 is 2. The summed E-state index contributed by atoms with van der Waals surface area (Å²) in [5, 5.41) is 0. The van der Waals surface area contributed by atoms with Crippen LogP contribution in [0.25, 0.3) is 0 Å². The van der Waals surface area contributed by atoms with E-state index < -0.39 is 5.79 Å². The highest BCUT2D eigenvalue weighted by molar-refractivity contribution is 4.85. The van der Waals surface area contributed by atoms with E-state index >= 15 is 0 Å². The molecule has 0 aliphatic carbocycles. The zero-order valence-electron chi connectivity index (χ0n) is 12.4. The van der Waals surface area contributed by atoms with Crippen molar-refractivity contribution in [3.8, 4) is 0 Å². The lowest BCUT2D eigenvalue weighted by atomic mass is 9.77. The minimum absolute atomic E-state index is 0.0136. The van der Waals surface area contributed by atoms with Gasteiger partial charge in [0.2, 0.25) is 0 Å². The molecule has 0 aromatic rings. The fourth-order valence-electron chi connectivity index (χ4n) is 1.95. The molecule has 0 aliphatic rings. The summed E-state index contributed by atoms with van der Waals surface area (Å²) >= 11 is 0. The highest BCUT2D eigenvalue weighted by Gasteiger charge is 2.43.